The van der Waals surface area contributed by atoms with Gasteiger partial charge in [0.05, 0.1) is 13.2 Å². The van der Waals surface area contributed by atoms with Crippen molar-refractivity contribution in [2.24, 2.45) is 5.73 Å². The van der Waals surface area contributed by atoms with Gasteiger partial charge in [-0.2, -0.15) is 0 Å². The first kappa shape index (κ1) is 18.9. The van der Waals surface area contributed by atoms with Gasteiger partial charge in [0.1, 0.15) is 11.5 Å². The normalized spacial score (nSPS) is 9.58. The van der Waals surface area contributed by atoms with E-state index < -0.39 is 5.91 Å². The third-order valence-electron chi connectivity index (χ3n) is 3.28. The fourth-order valence-corrected chi connectivity index (χ4v) is 2.01. The number of benzene rings is 2. The third-order valence-corrected chi connectivity index (χ3v) is 3.28. The SMILES string of the molecule is CCOc1ccc(OCC(=O)NCC#Cc2ccc(C(N)=O)cc2)cc1. The van der Waals surface area contributed by atoms with Gasteiger partial charge in [-0.15, -0.1) is 0 Å². The van der Waals surface area contributed by atoms with Gasteiger partial charge in [-0.05, 0) is 55.5 Å². The van der Waals surface area contributed by atoms with Gasteiger partial charge in [0.25, 0.3) is 5.91 Å². The minimum absolute atomic E-state index is 0.0943. The summed E-state index contributed by atoms with van der Waals surface area (Å²) in [6, 6.07) is 13.7. The molecule has 0 bridgehead atoms. The molecule has 0 spiro atoms. The van der Waals surface area contributed by atoms with Crippen molar-refractivity contribution in [3.05, 3.63) is 59.7 Å². The lowest BCUT2D eigenvalue weighted by Crippen LogP contribution is -2.29. The van der Waals surface area contributed by atoms with Crippen LogP contribution in [-0.4, -0.2) is 31.6 Å². The van der Waals surface area contributed by atoms with Gasteiger partial charge < -0.3 is 20.5 Å². The van der Waals surface area contributed by atoms with Crippen molar-refractivity contribution in [1.82, 2.24) is 5.32 Å². The first-order valence-corrected chi connectivity index (χ1v) is 8.09. The van der Waals surface area contributed by atoms with Crippen LogP contribution in [0, 0.1) is 11.8 Å². The lowest BCUT2D eigenvalue weighted by Gasteiger charge is -2.07. The molecule has 0 aliphatic carbocycles. The van der Waals surface area contributed by atoms with Crippen LogP contribution in [-0.2, 0) is 4.79 Å². The Labute approximate surface area is 152 Å². The molecule has 6 nitrogen and oxygen atoms in total. The lowest BCUT2D eigenvalue weighted by molar-refractivity contribution is -0.122. The van der Waals surface area contributed by atoms with E-state index in [1.54, 1.807) is 48.5 Å². The quantitative estimate of drug-likeness (QED) is 0.743. The molecule has 0 heterocycles. The Kier molecular flexibility index (Phi) is 7.07. The number of nitrogens with two attached hydrogens (primary N) is 1. The summed E-state index contributed by atoms with van der Waals surface area (Å²) in [5.74, 6) is 6.31. The number of carbonyl (C=O) groups is 2. The molecule has 0 unspecified atom stereocenters. The highest BCUT2D eigenvalue weighted by Gasteiger charge is 2.02. The molecule has 2 aromatic carbocycles. The molecular weight excluding hydrogens is 332 g/mol. The number of carbonyl (C=O) groups excluding carboxylic acids is 2. The summed E-state index contributed by atoms with van der Waals surface area (Å²) in [7, 11) is 0. The summed E-state index contributed by atoms with van der Waals surface area (Å²) in [4.78, 5) is 22.7. The first-order valence-electron chi connectivity index (χ1n) is 8.09. The smallest absolute Gasteiger partial charge is 0.258 e. The van der Waals surface area contributed by atoms with E-state index in [0.717, 1.165) is 11.3 Å². The van der Waals surface area contributed by atoms with Crippen molar-refractivity contribution in [3.63, 3.8) is 0 Å². The standard InChI is InChI=1S/C20H20N2O4/c1-2-25-17-9-11-18(12-10-17)26-14-19(23)22-13-3-4-15-5-7-16(8-6-15)20(21)24/h5-12H,2,13-14H2,1H3,(H2,21,24)(H,22,23). The zero-order valence-electron chi connectivity index (χ0n) is 14.5. The topological polar surface area (TPSA) is 90.7 Å². The highest BCUT2D eigenvalue weighted by Crippen LogP contribution is 2.17. The Morgan fingerprint density at radius 3 is 2.19 bits per heavy atom. The monoisotopic (exact) mass is 352 g/mol. The Balaban J connectivity index is 1.72. The molecule has 0 atom stereocenters. The van der Waals surface area contributed by atoms with Crippen LogP contribution in [0.4, 0.5) is 0 Å². The number of primary amides is 1. The largest absolute Gasteiger partial charge is 0.494 e. The Morgan fingerprint density at radius 2 is 1.62 bits per heavy atom. The van der Waals surface area contributed by atoms with Crippen LogP contribution in [0.3, 0.4) is 0 Å². The minimum atomic E-state index is -0.482. The predicted molar refractivity (Wildman–Crippen MR) is 98.0 cm³/mol. The van der Waals surface area contributed by atoms with Gasteiger partial charge in [-0.25, -0.2) is 0 Å². The van der Waals surface area contributed by atoms with Crippen molar-refractivity contribution >= 4 is 11.8 Å². The molecule has 2 aromatic rings. The molecule has 0 aromatic heterocycles. The molecule has 3 N–H and O–H groups in total. The summed E-state index contributed by atoms with van der Waals surface area (Å²) in [6.07, 6.45) is 0. The highest BCUT2D eigenvalue weighted by atomic mass is 16.5. The molecule has 0 saturated heterocycles. The number of ether oxygens (including phenoxy) is 2. The summed E-state index contributed by atoms with van der Waals surface area (Å²) in [6.45, 7) is 2.61. The molecular formula is C20H20N2O4. The molecule has 134 valence electrons. The van der Waals surface area contributed by atoms with Crippen molar-refractivity contribution in [1.29, 1.82) is 0 Å². The lowest BCUT2D eigenvalue weighted by atomic mass is 10.1. The molecule has 0 saturated carbocycles. The number of rotatable bonds is 7. The second-order valence-electron chi connectivity index (χ2n) is 5.21. The van der Waals surface area contributed by atoms with Gasteiger partial charge in [-0.3, -0.25) is 9.59 Å². The maximum Gasteiger partial charge on any atom is 0.258 e. The molecule has 2 rings (SSSR count). The van der Waals surface area contributed by atoms with E-state index in [-0.39, 0.29) is 19.1 Å². The molecule has 0 aliphatic heterocycles. The van der Waals surface area contributed by atoms with E-state index in [0.29, 0.717) is 17.9 Å². The maximum absolute atomic E-state index is 11.7. The number of nitrogens with one attached hydrogen (secondary N) is 1. The van der Waals surface area contributed by atoms with Crippen LogP contribution in [0.1, 0.15) is 22.8 Å². The molecule has 26 heavy (non-hydrogen) atoms. The Morgan fingerprint density at radius 1 is 1.00 bits per heavy atom. The number of hydrogen-bond donors (Lipinski definition) is 2. The second-order valence-corrected chi connectivity index (χ2v) is 5.21. The average molecular weight is 352 g/mol. The van der Waals surface area contributed by atoms with Crippen molar-refractivity contribution in [2.45, 2.75) is 6.92 Å². The summed E-state index contributed by atoms with van der Waals surface area (Å²) < 4.78 is 10.7. The summed E-state index contributed by atoms with van der Waals surface area (Å²) in [5.41, 5.74) is 6.33. The zero-order chi connectivity index (χ0) is 18.8. The van der Waals surface area contributed by atoms with Crippen molar-refractivity contribution in [3.8, 4) is 23.3 Å². The molecule has 0 radical (unpaired) electrons. The third kappa shape index (κ3) is 6.21. The van der Waals surface area contributed by atoms with Crippen LogP contribution >= 0.6 is 0 Å². The van der Waals surface area contributed by atoms with E-state index in [9.17, 15) is 9.59 Å². The van der Waals surface area contributed by atoms with Gasteiger partial charge in [-0.1, -0.05) is 11.8 Å². The van der Waals surface area contributed by atoms with E-state index in [1.807, 2.05) is 6.92 Å². The average Bonchev–Trinajstić information content (AvgIpc) is 2.65. The van der Waals surface area contributed by atoms with Crippen LogP contribution in [0.2, 0.25) is 0 Å². The highest BCUT2D eigenvalue weighted by molar-refractivity contribution is 5.92. The van der Waals surface area contributed by atoms with Gasteiger partial charge in [0, 0.05) is 11.1 Å². The Hall–Kier alpha value is -3.46. The molecule has 6 heteroatoms. The molecule has 2 amide bonds. The summed E-state index contributed by atoms with van der Waals surface area (Å²) >= 11 is 0. The van der Waals surface area contributed by atoms with Crippen LogP contribution in [0.15, 0.2) is 48.5 Å². The Bertz CT molecular complexity index is 802. The second kappa shape index (κ2) is 9.74. The minimum Gasteiger partial charge on any atom is -0.494 e. The predicted octanol–water partition coefficient (Wildman–Crippen LogP) is 1.73. The maximum atomic E-state index is 11.7. The van der Waals surface area contributed by atoms with Gasteiger partial charge in [0.15, 0.2) is 6.61 Å². The van der Waals surface area contributed by atoms with Crippen LogP contribution < -0.4 is 20.5 Å². The van der Waals surface area contributed by atoms with Crippen molar-refractivity contribution < 1.29 is 19.1 Å². The van der Waals surface area contributed by atoms with Gasteiger partial charge >= 0.3 is 0 Å². The number of hydrogen-bond acceptors (Lipinski definition) is 4. The van der Waals surface area contributed by atoms with E-state index in [4.69, 9.17) is 15.2 Å². The molecule has 0 aliphatic rings. The van der Waals surface area contributed by atoms with Crippen LogP contribution in [0.25, 0.3) is 0 Å². The fourth-order valence-electron chi connectivity index (χ4n) is 2.01. The van der Waals surface area contributed by atoms with E-state index >= 15 is 0 Å². The molecule has 0 fully saturated rings. The first-order chi connectivity index (χ1) is 12.6. The van der Waals surface area contributed by atoms with Gasteiger partial charge in [0.2, 0.25) is 5.91 Å². The summed E-state index contributed by atoms with van der Waals surface area (Å²) in [5, 5.41) is 2.65. The van der Waals surface area contributed by atoms with Crippen molar-refractivity contribution in [2.75, 3.05) is 19.8 Å². The van der Waals surface area contributed by atoms with E-state index in [2.05, 4.69) is 17.2 Å². The number of amides is 2. The zero-order valence-corrected chi connectivity index (χ0v) is 14.5. The van der Waals surface area contributed by atoms with E-state index in [1.165, 1.54) is 0 Å². The van der Waals surface area contributed by atoms with Crippen LogP contribution in [0.5, 0.6) is 11.5 Å². The fraction of sp³-hybridized carbons (Fsp3) is 0.200.